The van der Waals surface area contributed by atoms with Crippen molar-refractivity contribution in [3.63, 3.8) is 0 Å². The molecule has 0 atom stereocenters. The second-order valence-corrected chi connectivity index (χ2v) is 4.99. The van der Waals surface area contributed by atoms with Crippen molar-refractivity contribution in [2.75, 3.05) is 5.32 Å². The molecular formula is C13H15N5O2. The van der Waals surface area contributed by atoms with Crippen LogP contribution in [0.3, 0.4) is 0 Å². The number of aromatic nitrogens is 4. The number of rotatable bonds is 3. The number of aryl methyl sites for hydroxylation is 2. The second-order valence-electron chi connectivity index (χ2n) is 4.99. The first-order chi connectivity index (χ1) is 9.56. The molecule has 104 valence electrons. The average Bonchev–Trinajstić information content (AvgIpc) is 3.18. The Labute approximate surface area is 115 Å². The van der Waals surface area contributed by atoms with Gasteiger partial charge in [0.15, 0.2) is 0 Å². The third-order valence-corrected chi connectivity index (χ3v) is 3.37. The zero-order valence-electron chi connectivity index (χ0n) is 11.3. The van der Waals surface area contributed by atoms with E-state index in [4.69, 9.17) is 0 Å². The van der Waals surface area contributed by atoms with Gasteiger partial charge in [-0.15, -0.1) is 10.2 Å². The van der Waals surface area contributed by atoms with Crippen molar-refractivity contribution in [1.82, 2.24) is 19.3 Å². The Hall–Kier alpha value is -2.44. The molecule has 1 N–H and O–H groups in total. The summed E-state index contributed by atoms with van der Waals surface area (Å²) in [6.45, 7) is 1.86. The molecule has 1 aliphatic rings. The van der Waals surface area contributed by atoms with E-state index in [1.54, 1.807) is 19.3 Å². The van der Waals surface area contributed by atoms with Crippen LogP contribution in [-0.2, 0) is 7.05 Å². The van der Waals surface area contributed by atoms with Crippen LogP contribution in [0, 0.1) is 6.92 Å². The number of anilines is 1. The summed E-state index contributed by atoms with van der Waals surface area (Å²) in [7, 11) is 1.64. The van der Waals surface area contributed by atoms with Crippen molar-refractivity contribution >= 4 is 11.9 Å². The second kappa shape index (κ2) is 4.59. The number of carbonyl (C=O) groups excluding carboxylic acids is 1. The molecule has 2 heterocycles. The quantitative estimate of drug-likeness (QED) is 0.899. The van der Waals surface area contributed by atoms with Crippen molar-refractivity contribution in [3.05, 3.63) is 40.1 Å². The fourth-order valence-electron chi connectivity index (χ4n) is 2.09. The molecule has 20 heavy (non-hydrogen) atoms. The molecule has 0 bridgehead atoms. The minimum Gasteiger partial charge on any atom is -0.319 e. The summed E-state index contributed by atoms with van der Waals surface area (Å²) < 4.78 is 3.34. The van der Waals surface area contributed by atoms with Crippen LogP contribution >= 0.6 is 0 Å². The van der Waals surface area contributed by atoms with Gasteiger partial charge in [-0.1, -0.05) is 0 Å². The molecule has 0 radical (unpaired) electrons. The zero-order chi connectivity index (χ0) is 14.3. The number of hydrogen-bond donors (Lipinski definition) is 1. The van der Waals surface area contributed by atoms with Crippen LogP contribution < -0.4 is 10.9 Å². The first-order valence-corrected chi connectivity index (χ1v) is 6.46. The van der Waals surface area contributed by atoms with E-state index in [2.05, 4.69) is 15.5 Å². The zero-order valence-corrected chi connectivity index (χ0v) is 11.3. The van der Waals surface area contributed by atoms with Gasteiger partial charge in [-0.3, -0.25) is 19.5 Å². The highest BCUT2D eigenvalue weighted by atomic mass is 16.2. The third kappa shape index (κ3) is 2.22. The molecule has 1 amide bonds. The SMILES string of the molecule is Cc1nnc(NC(=O)c2ccn(C)c(=O)c2)n1C1CC1. The van der Waals surface area contributed by atoms with Gasteiger partial charge in [0.05, 0.1) is 0 Å². The van der Waals surface area contributed by atoms with Crippen LogP contribution in [-0.4, -0.2) is 25.2 Å². The minimum atomic E-state index is -0.350. The molecule has 1 saturated carbocycles. The molecule has 0 aromatic carbocycles. The summed E-state index contributed by atoms with van der Waals surface area (Å²) in [5.41, 5.74) is 0.0913. The van der Waals surface area contributed by atoms with Gasteiger partial charge in [0.25, 0.3) is 11.5 Å². The molecule has 7 heteroatoms. The molecular weight excluding hydrogens is 258 g/mol. The van der Waals surface area contributed by atoms with Crippen LogP contribution in [0.5, 0.6) is 0 Å². The highest BCUT2D eigenvalue weighted by molar-refractivity contribution is 6.03. The molecule has 2 aromatic heterocycles. The minimum absolute atomic E-state index is 0.225. The lowest BCUT2D eigenvalue weighted by Crippen LogP contribution is -2.21. The average molecular weight is 273 g/mol. The maximum atomic E-state index is 12.1. The normalized spacial score (nSPS) is 14.3. The Bertz CT molecular complexity index is 727. The highest BCUT2D eigenvalue weighted by Gasteiger charge is 2.28. The Morgan fingerprint density at radius 2 is 2.15 bits per heavy atom. The predicted molar refractivity (Wildman–Crippen MR) is 72.7 cm³/mol. The smallest absolute Gasteiger partial charge is 0.258 e. The van der Waals surface area contributed by atoms with Gasteiger partial charge in [0, 0.05) is 30.9 Å². The van der Waals surface area contributed by atoms with Crippen molar-refractivity contribution in [1.29, 1.82) is 0 Å². The lowest BCUT2D eigenvalue weighted by atomic mass is 10.2. The number of amides is 1. The molecule has 0 unspecified atom stereocenters. The van der Waals surface area contributed by atoms with Crippen LogP contribution in [0.15, 0.2) is 23.1 Å². The van der Waals surface area contributed by atoms with Gasteiger partial charge in [0.2, 0.25) is 5.95 Å². The molecule has 0 aliphatic heterocycles. The number of hydrogen-bond acceptors (Lipinski definition) is 4. The topological polar surface area (TPSA) is 81.8 Å². The van der Waals surface area contributed by atoms with Crippen LogP contribution in [0.1, 0.15) is 35.1 Å². The van der Waals surface area contributed by atoms with Crippen LogP contribution in [0.25, 0.3) is 0 Å². The lowest BCUT2D eigenvalue weighted by molar-refractivity contribution is 0.102. The van der Waals surface area contributed by atoms with E-state index in [0.717, 1.165) is 18.7 Å². The number of carbonyl (C=O) groups is 1. The maximum absolute atomic E-state index is 12.1. The highest BCUT2D eigenvalue weighted by Crippen LogP contribution is 2.37. The molecule has 0 spiro atoms. The van der Waals surface area contributed by atoms with E-state index in [0.29, 0.717) is 17.6 Å². The molecule has 3 rings (SSSR count). The maximum Gasteiger partial charge on any atom is 0.258 e. The monoisotopic (exact) mass is 273 g/mol. The molecule has 1 aliphatic carbocycles. The Balaban J connectivity index is 1.85. The number of pyridine rings is 1. The first kappa shape index (κ1) is 12.6. The largest absolute Gasteiger partial charge is 0.319 e. The van der Waals surface area contributed by atoms with Gasteiger partial charge in [0.1, 0.15) is 5.82 Å². The fourth-order valence-corrected chi connectivity index (χ4v) is 2.09. The van der Waals surface area contributed by atoms with E-state index in [1.165, 1.54) is 10.6 Å². The molecule has 1 fully saturated rings. The van der Waals surface area contributed by atoms with E-state index < -0.39 is 0 Å². The molecule has 7 nitrogen and oxygen atoms in total. The van der Waals surface area contributed by atoms with E-state index in [-0.39, 0.29) is 11.5 Å². The van der Waals surface area contributed by atoms with Gasteiger partial charge in [-0.2, -0.15) is 0 Å². The van der Waals surface area contributed by atoms with E-state index in [1.807, 2.05) is 11.5 Å². The Morgan fingerprint density at radius 3 is 2.80 bits per heavy atom. The van der Waals surface area contributed by atoms with Crippen molar-refractivity contribution in [2.24, 2.45) is 7.05 Å². The predicted octanol–water partition coefficient (Wildman–Crippen LogP) is 0.872. The van der Waals surface area contributed by atoms with Gasteiger partial charge in [-0.05, 0) is 25.8 Å². The van der Waals surface area contributed by atoms with E-state index in [9.17, 15) is 9.59 Å². The summed E-state index contributed by atoms with van der Waals surface area (Å²) in [4.78, 5) is 23.7. The van der Waals surface area contributed by atoms with Crippen molar-refractivity contribution in [3.8, 4) is 0 Å². The summed E-state index contributed by atoms with van der Waals surface area (Å²) in [6, 6.07) is 3.28. The summed E-state index contributed by atoms with van der Waals surface area (Å²) >= 11 is 0. The van der Waals surface area contributed by atoms with E-state index >= 15 is 0 Å². The third-order valence-electron chi connectivity index (χ3n) is 3.37. The first-order valence-electron chi connectivity index (χ1n) is 6.46. The number of nitrogens with zero attached hydrogens (tertiary/aromatic N) is 4. The number of nitrogens with one attached hydrogen (secondary N) is 1. The molecule has 0 saturated heterocycles. The molecule has 2 aromatic rings. The lowest BCUT2D eigenvalue weighted by Gasteiger charge is -2.08. The standard InChI is InChI=1S/C13H15N5O2/c1-8-15-16-13(18(8)10-3-4-10)14-12(20)9-5-6-17(2)11(19)7-9/h5-7,10H,3-4H2,1-2H3,(H,14,16,20). The summed E-state index contributed by atoms with van der Waals surface area (Å²) in [5.74, 6) is 0.874. The summed E-state index contributed by atoms with van der Waals surface area (Å²) in [6.07, 6.45) is 3.72. The van der Waals surface area contributed by atoms with Crippen LogP contribution in [0.4, 0.5) is 5.95 Å². The van der Waals surface area contributed by atoms with Crippen molar-refractivity contribution in [2.45, 2.75) is 25.8 Å². The van der Waals surface area contributed by atoms with Crippen LogP contribution in [0.2, 0.25) is 0 Å². The fraction of sp³-hybridized carbons (Fsp3) is 0.385. The summed E-state index contributed by atoms with van der Waals surface area (Å²) in [5, 5.41) is 10.7. The van der Waals surface area contributed by atoms with Gasteiger partial charge >= 0.3 is 0 Å². The van der Waals surface area contributed by atoms with Gasteiger partial charge < -0.3 is 4.57 Å². The Kier molecular flexibility index (Phi) is 2.89. The van der Waals surface area contributed by atoms with Crippen molar-refractivity contribution < 1.29 is 4.79 Å². The van der Waals surface area contributed by atoms with Gasteiger partial charge in [-0.25, -0.2) is 0 Å². The Morgan fingerprint density at radius 1 is 1.40 bits per heavy atom.